The Labute approximate surface area is 138 Å². The number of aromatic nitrogens is 2. The van der Waals surface area contributed by atoms with Crippen LogP contribution in [-0.2, 0) is 0 Å². The minimum Gasteiger partial charge on any atom is -0.497 e. The van der Waals surface area contributed by atoms with Crippen LogP contribution in [0.15, 0.2) is 60.7 Å². The third-order valence-corrected chi connectivity index (χ3v) is 3.53. The molecule has 1 N–H and O–H groups in total. The molecule has 0 atom stereocenters. The van der Waals surface area contributed by atoms with Crippen LogP contribution in [0.2, 0.25) is 0 Å². The van der Waals surface area contributed by atoms with Crippen LogP contribution < -0.4 is 4.74 Å². The summed E-state index contributed by atoms with van der Waals surface area (Å²) >= 11 is 0. The molecule has 120 valence electrons. The summed E-state index contributed by atoms with van der Waals surface area (Å²) in [5.41, 5.74) is 2.75. The number of carbonyl (C=O) groups excluding carboxylic acids is 1. The molecule has 2 aromatic carbocycles. The Hall–Kier alpha value is -3.21. The van der Waals surface area contributed by atoms with E-state index in [9.17, 15) is 9.18 Å². The molecule has 0 spiro atoms. The highest BCUT2D eigenvalue weighted by Gasteiger charge is 2.05. The molecule has 0 radical (unpaired) electrons. The van der Waals surface area contributed by atoms with Crippen LogP contribution in [0.3, 0.4) is 0 Å². The van der Waals surface area contributed by atoms with Gasteiger partial charge in [0, 0.05) is 11.1 Å². The Balaban J connectivity index is 1.72. The minimum atomic E-state index is -0.292. The summed E-state index contributed by atoms with van der Waals surface area (Å²) in [4.78, 5) is 12.1. The Morgan fingerprint density at radius 3 is 2.50 bits per heavy atom. The van der Waals surface area contributed by atoms with Gasteiger partial charge in [0.15, 0.2) is 5.78 Å². The predicted octanol–water partition coefficient (Wildman–Crippen LogP) is 4.12. The van der Waals surface area contributed by atoms with Gasteiger partial charge in [-0.15, -0.1) is 0 Å². The van der Waals surface area contributed by atoms with Crippen molar-refractivity contribution in [3.8, 4) is 17.0 Å². The van der Waals surface area contributed by atoms with Gasteiger partial charge in [-0.2, -0.15) is 5.10 Å². The van der Waals surface area contributed by atoms with Crippen molar-refractivity contribution in [2.24, 2.45) is 0 Å². The average Bonchev–Trinajstić information content (AvgIpc) is 3.09. The lowest BCUT2D eigenvalue weighted by atomic mass is 10.1. The first-order chi connectivity index (χ1) is 11.7. The number of hydrogen-bond acceptors (Lipinski definition) is 3. The smallest absolute Gasteiger partial charge is 0.185 e. The van der Waals surface area contributed by atoms with Gasteiger partial charge in [-0.1, -0.05) is 0 Å². The number of aromatic amines is 1. The number of methoxy groups -OCH3 is 1. The molecule has 0 bridgehead atoms. The largest absolute Gasteiger partial charge is 0.497 e. The molecule has 0 saturated heterocycles. The zero-order valence-corrected chi connectivity index (χ0v) is 13.0. The molecule has 0 amide bonds. The van der Waals surface area contributed by atoms with E-state index < -0.39 is 0 Å². The normalized spacial score (nSPS) is 10.9. The van der Waals surface area contributed by atoms with Crippen molar-refractivity contribution in [2.75, 3.05) is 7.11 Å². The van der Waals surface area contributed by atoms with Crippen molar-refractivity contribution in [3.05, 3.63) is 77.7 Å². The summed E-state index contributed by atoms with van der Waals surface area (Å²) in [5.74, 6) is 0.295. The fourth-order valence-corrected chi connectivity index (χ4v) is 2.21. The SMILES string of the molecule is COc1ccc(C(=O)C=Cc2cc(-c3ccc(F)cc3)n[nH]2)cc1. The molecule has 5 heteroatoms. The van der Waals surface area contributed by atoms with E-state index in [1.54, 1.807) is 55.7 Å². The number of halogens is 1. The molecule has 0 aliphatic rings. The molecule has 1 heterocycles. The number of carbonyl (C=O) groups is 1. The number of allylic oxidation sites excluding steroid dienone is 1. The van der Waals surface area contributed by atoms with Crippen LogP contribution in [0.25, 0.3) is 17.3 Å². The monoisotopic (exact) mass is 322 g/mol. The maximum Gasteiger partial charge on any atom is 0.185 e. The third-order valence-electron chi connectivity index (χ3n) is 3.53. The van der Waals surface area contributed by atoms with E-state index in [1.165, 1.54) is 18.2 Å². The van der Waals surface area contributed by atoms with Crippen molar-refractivity contribution >= 4 is 11.9 Å². The Kier molecular flexibility index (Phi) is 4.52. The molecule has 4 nitrogen and oxygen atoms in total. The number of ketones is 1. The zero-order chi connectivity index (χ0) is 16.9. The first-order valence-corrected chi connectivity index (χ1v) is 7.33. The third kappa shape index (κ3) is 3.57. The van der Waals surface area contributed by atoms with Gasteiger partial charge in [0.2, 0.25) is 0 Å². The van der Waals surface area contributed by atoms with Gasteiger partial charge in [0.25, 0.3) is 0 Å². The molecule has 0 fully saturated rings. The van der Waals surface area contributed by atoms with Crippen LogP contribution in [-0.4, -0.2) is 23.1 Å². The lowest BCUT2D eigenvalue weighted by Crippen LogP contribution is -1.94. The number of nitrogens with zero attached hydrogens (tertiary/aromatic N) is 1. The Morgan fingerprint density at radius 2 is 1.83 bits per heavy atom. The molecule has 3 aromatic rings. The standard InChI is InChI=1S/C19H15FN2O2/c1-24-17-9-4-14(5-10-17)19(23)11-8-16-12-18(22-21-16)13-2-6-15(20)7-3-13/h2-12H,1H3,(H,21,22). The van der Waals surface area contributed by atoms with Gasteiger partial charge in [-0.3, -0.25) is 9.89 Å². The van der Waals surface area contributed by atoms with Crippen molar-refractivity contribution in [1.29, 1.82) is 0 Å². The van der Waals surface area contributed by atoms with Crippen LogP contribution in [0, 0.1) is 5.82 Å². The van der Waals surface area contributed by atoms with E-state index in [2.05, 4.69) is 10.2 Å². The molecular formula is C19H15FN2O2. The number of benzene rings is 2. The maximum absolute atomic E-state index is 12.9. The summed E-state index contributed by atoms with van der Waals surface area (Å²) in [7, 11) is 1.58. The number of ether oxygens (including phenoxy) is 1. The van der Waals surface area contributed by atoms with Gasteiger partial charge in [-0.25, -0.2) is 4.39 Å². The molecular weight excluding hydrogens is 307 g/mol. The summed E-state index contributed by atoms with van der Waals surface area (Å²) in [6.45, 7) is 0. The average molecular weight is 322 g/mol. The van der Waals surface area contributed by atoms with E-state index in [0.29, 0.717) is 22.7 Å². The number of nitrogens with one attached hydrogen (secondary N) is 1. The van der Waals surface area contributed by atoms with Gasteiger partial charge < -0.3 is 4.74 Å². The highest BCUT2D eigenvalue weighted by atomic mass is 19.1. The lowest BCUT2D eigenvalue weighted by Gasteiger charge is -1.99. The first-order valence-electron chi connectivity index (χ1n) is 7.33. The fourth-order valence-electron chi connectivity index (χ4n) is 2.21. The summed E-state index contributed by atoms with van der Waals surface area (Å²) in [6.07, 6.45) is 3.14. The molecule has 0 aliphatic carbocycles. The van der Waals surface area contributed by atoms with Crippen LogP contribution >= 0.6 is 0 Å². The lowest BCUT2D eigenvalue weighted by molar-refractivity contribution is 0.104. The van der Waals surface area contributed by atoms with Crippen molar-refractivity contribution in [1.82, 2.24) is 10.2 Å². The molecule has 24 heavy (non-hydrogen) atoms. The molecule has 0 saturated carbocycles. The fraction of sp³-hybridized carbons (Fsp3) is 0.0526. The topological polar surface area (TPSA) is 55.0 Å². The summed E-state index contributed by atoms with van der Waals surface area (Å²) in [6, 6.07) is 14.8. The first kappa shape index (κ1) is 15.7. The van der Waals surface area contributed by atoms with E-state index in [4.69, 9.17) is 4.74 Å². The number of rotatable bonds is 5. The van der Waals surface area contributed by atoms with Gasteiger partial charge in [0.05, 0.1) is 18.5 Å². The number of hydrogen-bond donors (Lipinski definition) is 1. The quantitative estimate of drug-likeness (QED) is 0.568. The molecule has 1 aromatic heterocycles. The Morgan fingerprint density at radius 1 is 1.12 bits per heavy atom. The predicted molar refractivity (Wildman–Crippen MR) is 90.3 cm³/mol. The Bertz CT molecular complexity index is 865. The second-order valence-corrected chi connectivity index (χ2v) is 5.14. The molecule has 3 rings (SSSR count). The van der Waals surface area contributed by atoms with Crippen LogP contribution in [0.1, 0.15) is 16.1 Å². The maximum atomic E-state index is 12.9. The van der Waals surface area contributed by atoms with E-state index in [0.717, 1.165) is 5.56 Å². The van der Waals surface area contributed by atoms with Gasteiger partial charge in [-0.05, 0) is 66.7 Å². The minimum absolute atomic E-state index is 0.115. The van der Waals surface area contributed by atoms with Crippen molar-refractivity contribution in [3.63, 3.8) is 0 Å². The second-order valence-electron chi connectivity index (χ2n) is 5.14. The molecule has 0 unspecified atom stereocenters. The van der Waals surface area contributed by atoms with E-state index in [-0.39, 0.29) is 11.6 Å². The number of H-pyrrole nitrogens is 1. The zero-order valence-electron chi connectivity index (χ0n) is 13.0. The van der Waals surface area contributed by atoms with Crippen LogP contribution in [0.5, 0.6) is 5.75 Å². The van der Waals surface area contributed by atoms with E-state index >= 15 is 0 Å². The highest BCUT2D eigenvalue weighted by molar-refractivity contribution is 6.06. The van der Waals surface area contributed by atoms with E-state index in [1.807, 2.05) is 0 Å². The summed E-state index contributed by atoms with van der Waals surface area (Å²) < 4.78 is 18.0. The summed E-state index contributed by atoms with van der Waals surface area (Å²) in [5, 5.41) is 7.00. The van der Waals surface area contributed by atoms with Crippen LogP contribution in [0.4, 0.5) is 4.39 Å². The van der Waals surface area contributed by atoms with Gasteiger partial charge in [0.1, 0.15) is 11.6 Å². The van der Waals surface area contributed by atoms with Crippen molar-refractivity contribution in [2.45, 2.75) is 0 Å². The van der Waals surface area contributed by atoms with Gasteiger partial charge >= 0.3 is 0 Å². The molecule has 0 aliphatic heterocycles. The van der Waals surface area contributed by atoms with Crippen molar-refractivity contribution < 1.29 is 13.9 Å². The second kappa shape index (κ2) is 6.91. The highest BCUT2D eigenvalue weighted by Crippen LogP contribution is 2.19.